The fraction of sp³-hybridized carbons (Fsp3) is 0.188. The number of amides is 1. The molecule has 1 unspecified atom stereocenters. The largest absolute Gasteiger partial charge is 0.374 e. The third-order valence-corrected chi connectivity index (χ3v) is 2.94. The third kappa shape index (κ3) is 3.82. The second kappa shape index (κ2) is 6.19. The first-order valence-electron chi connectivity index (χ1n) is 6.44. The molecule has 20 heavy (non-hydrogen) atoms. The lowest BCUT2D eigenvalue weighted by Gasteiger charge is -2.15. The number of carbonyl (C=O) groups excluding carboxylic acids is 1. The lowest BCUT2D eigenvalue weighted by molar-refractivity contribution is -0.116. The van der Waals surface area contributed by atoms with E-state index in [0.29, 0.717) is 5.69 Å². The van der Waals surface area contributed by atoms with Gasteiger partial charge in [-0.2, -0.15) is 0 Å². The summed E-state index contributed by atoms with van der Waals surface area (Å²) in [5.74, 6) is -0.494. The summed E-state index contributed by atoms with van der Waals surface area (Å²) >= 11 is 0. The maximum absolute atomic E-state index is 12.8. The average molecular weight is 272 g/mol. The minimum atomic E-state index is -0.386. The summed E-state index contributed by atoms with van der Waals surface area (Å²) in [6.07, 6.45) is 0. The van der Waals surface area contributed by atoms with Gasteiger partial charge in [0.25, 0.3) is 0 Å². The van der Waals surface area contributed by atoms with Gasteiger partial charge in [-0.25, -0.2) is 4.39 Å². The molecule has 104 valence electrons. The van der Waals surface area contributed by atoms with E-state index >= 15 is 0 Å². The van der Waals surface area contributed by atoms with Crippen molar-refractivity contribution in [1.82, 2.24) is 0 Å². The molecule has 0 aliphatic rings. The maximum Gasteiger partial charge on any atom is 0.246 e. The molecule has 0 aromatic heterocycles. The molecule has 2 aromatic carbocycles. The van der Waals surface area contributed by atoms with E-state index in [-0.39, 0.29) is 17.8 Å². The van der Waals surface area contributed by atoms with Gasteiger partial charge in [0.05, 0.1) is 0 Å². The molecule has 2 rings (SSSR count). The highest BCUT2D eigenvalue weighted by Crippen LogP contribution is 2.12. The topological polar surface area (TPSA) is 41.1 Å². The molecule has 3 nitrogen and oxygen atoms in total. The maximum atomic E-state index is 12.8. The SMILES string of the molecule is Cc1ccc(NC(C)C(=O)Nc2ccc(F)cc2)cc1. The molecule has 1 atom stereocenters. The van der Waals surface area contributed by atoms with Crippen LogP contribution in [0.1, 0.15) is 12.5 Å². The second-order valence-corrected chi connectivity index (χ2v) is 4.73. The molecule has 0 heterocycles. The number of aryl methyl sites for hydroxylation is 1. The molecule has 0 radical (unpaired) electrons. The number of nitrogens with one attached hydrogen (secondary N) is 2. The molecular formula is C16H17FN2O. The Bertz CT molecular complexity index is 578. The zero-order valence-electron chi connectivity index (χ0n) is 11.5. The molecule has 0 aliphatic carbocycles. The smallest absolute Gasteiger partial charge is 0.246 e. The van der Waals surface area contributed by atoms with Crippen molar-refractivity contribution < 1.29 is 9.18 Å². The Hall–Kier alpha value is -2.36. The van der Waals surface area contributed by atoms with Crippen LogP contribution in [0.15, 0.2) is 48.5 Å². The van der Waals surface area contributed by atoms with Crippen molar-refractivity contribution in [3.63, 3.8) is 0 Å². The van der Waals surface area contributed by atoms with E-state index in [2.05, 4.69) is 10.6 Å². The molecule has 0 aliphatic heterocycles. The number of halogens is 1. The number of rotatable bonds is 4. The number of benzene rings is 2. The van der Waals surface area contributed by atoms with Gasteiger partial charge in [-0.15, -0.1) is 0 Å². The fourth-order valence-electron chi connectivity index (χ4n) is 1.75. The van der Waals surface area contributed by atoms with Gasteiger partial charge in [0, 0.05) is 11.4 Å². The van der Waals surface area contributed by atoms with Crippen LogP contribution in [-0.4, -0.2) is 11.9 Å². The first kappa shape index (κ1) is 14.1. The zero-order valence-corrected chi connectivity index (χ0v) is 11.5. The number of hydrogen-bond acceptors (Lipinski definition) is 2. The van der Waals surface area contributed by atoms with E-state index in [0.717, 1.165) is 5.69 Å². The van der Waals surface area contributed by atoms with Gasteiger partial charge < -0.3 is 10.6 Å². The fourth-order valence-corrected chi connectivity index (χ4v) is 1.75. The predicted octanol–water partition coefficient (Wildman–Crippen LogP) is 3.57. The Labute approximate surface area is 117 Å². The molecule has 0 saturated carbocycles. The summed E-state index contributed by atoms with van der Waals surface area (Å²) in [6.45, 7) is 3.78. The summed E-state index contributed by atoms with van der Waals surface area (Å²) in [5, 5.41) is 5.85. The molecule has 2 N–H and O–H groups in total. The molecule has 4 heteroatoms. The Balaban J connectivity index is 1.94. The van der Waals surface area contributed by atoms with Crippen LogP contribution in [0.2, 0.25) is 0 Å². The molecule has 0 saturated heterocycles. The van der Waals surface area contributed by atoms with Gasteiger partial charge in [-0.05, 0) is 50.2 Å². The third-order valence-electron chi connectivity index (χ3n) is 2.94. The van der Waals surface area contributed by atoms with Crippen LogP contribution < -0.4 is 10.6 Å². The van der Waals surface area contributed by atoms with Gasteiger partial charge in [0.1, 0.15) is 11.9 Å². The van der Waals surface area contributed by atoms with Crippen molar-refractivity contribution in [2.24, 2.45) is 0 Å². The highest BCUT2D eigenvalue weighted by molar-refractivity contribution is 5.96. The summed E-state index contributed by atoms with van der Waals surface area (Å²) in [7, 11) is 0. The molecular weight excluding hydrogens is 255 g/mol. The van der Waals surface area contributed by atoms with Crippen LogP contribution in [-0.2, 0) is 4.79 Å². The van der Waals surface area contributed by atoms with Crippen LogP contribution in [0.4, 0.5) is 15.8 Å². The van der Waals surface area contributed by atoms with Crippen molar-refractivity contribution in [1.29, 1.82) is 0 Å². The van der Waals surface area contributed by atoms with E-state index in [1.165, 1.54) is 29.8 Å². The quantitative estimate of drug-likeness (QED) is 0.893. The minimum Gasteiger partial charge on any atom is -0.374 e. The number of carbonyl (C=O) groups is 1. The Kier molecular flexibility index (Phi) is 4.35. The van der Waals surface area contributed by atoms with Gasteiger partial charge in [0.15, 0.2) is 0 Å². The van der Waals surface area contributed by atoms with Gasteiger partial charge >= 0.3 is 0 Å². The minimum absolute atomic E-state index is 0.169. The van der Waals surface area contributed by atoms with Crippen LogP contribution in [0.25, 0.3) is 0 Å². The van der Waals surface area contributed by atoms with E-state index in [9.17, 15) is 9.18 Å². The molecule has 1 amide bonds. The van der Waals surface area contributed by atoms with E-state index in [4.69, 9.17) is 0 Å². The van der Waals surface area contributed by atoms with Crippen LogP contribution >= 0.6 is 0 Å². The van der Waals surface area contributed by atoms with Gasteiger partial charge in [-0.1, -0.05) is 17.7 Å². The Morgan fingerprint density at radius 2 is 1.55 bits per heavy atom. The first-order valence-corrected chi connectivity index (χ1v) is 6.44. The zero-order chi connectivity index (χ0) is 14.5. The molecule has 0 spiro atoms. The van der Waals surface area contributed by atoms with E-state index in [1.54, 1.807) is 6.92 Å². The summed E-state index contributed by atoms with van der Waals surface area (Å²) < 4.78 is 12.8. The second-order valence-electron chi connectivity index (χ2n) is 4.73. The molecule has 0 bridgehead atoms. The van der Waals surface area contributed by atoms with Crippen molar-refractivity contribution in [3.8, 4) is 0 Å². The molecule has 2 aromatic rings. The number of anilines is 2. The van der Waals surface area contributed by atoms with E-state index in [1.807, 2.05) is 31.2 Å². The van der Waals surface area contributed by atoms with Crippen molar-refractivity contribution in [2.45, 2.75) is 19.9 Å². The predicted molar refractivity (Wildman–Crippen MR) is 79.3 cm³/mol. The van der Waals surface area contributed by atoms with Crippen LogP contribution in [0, 0.1) is 12.7 Å². The van der Waals surface area contributed by atoms with Crippen molar-refractivity contribution >= 4 is 17.3 Å². The highest BCUT2D eigenvalue weighted by Gasteiger charge is 2.12. The lowest BCUT2D eigenvalue weighted by atomic mass is 10.2. The Morgan fingerprint density at radius 1 is 1.00 bits per heavy atom. The Morgan fingerprint density at radius 3 is 2.15 bits per heavy atom. The van der Waals surface area contributed by atoms with Gasteiger partial charge in [0.2, 0.25) is 5.91 Å². The van der Waals surface area contributed by atoms with E-state index < -0.39 is 0 Å². The summed E-state index contributed by atoms with van der Waals surface area (Å²) in [6, 6.07) is 13.1. The normalized spacial score (nSPS) is 11.8. The number of hydrogen-bond donors (Lipinski definition) is 2. The monoisotopic (exact) mass is 272 g/mol. The lowest BCUT2D eigenvalue weighted by Crippen LogP contribution is -2.31. The average Bonchev–Trinajstić information content (AvgIpc) is 2.44. The standard InChI is InChI=1S/C16H17FN2O/c1-11-3-7-14(8-4-11)18-12(2)16(20)19-15-9-5-13(17)6-10-15/h3-10,12,18H,1-2H3,(H,19,20). The van der Waals surface area contributed by atoms with Crippen molar-refractivity contribution in [2.75, 3.05) is 10.6 Å². The van der Waals surface area contributed by atoms with Crippen molar-refractivity contribution in [3.05, 3.63) is 59.9 Å². The first-order chi connectivity index (χ1) is 9.54. The molecule has 0 fully saturated rings. The van der Waals surface area contributed by atoms with Gasteiger partial charge in [-0.3, -0.25) is 4.79 Å². The summed E-state index contributed by atoms with van der Waals surface area (Å²) in [4.78, 5) is 12.0. The van der Waals surface area contributed by atoms with Crippen LogP contribution in [0.3, 0.4) is 0 Å². The highest BCUT2D eigenvalue weighted by atomic mass is 19.1. The summed E-state index contributed by atoms with van der Waals surface area (Å²) in [5.41, 5.74) is 2.63. The van der Waals surface area contributed by atoms with Crippen LogP contribution in [0.5, 0.6) is 0 Å².